The van der Waals surface area contributed by atoms with Crippen molar-refractivity contribution in [1.82, 2.24) is 0 Å². The summed E-state index contributed by atoms with van der Waals surface area (Å²) in [6.07, 6.45) is 0. The largest absolute Gasteiger partial charge is 0.389 e. The average Bonchev–Trinajstić information content (AvgIpc) is 2.32. The summed E-state index contributed by atoms with van der Waals surface area (Å²) < 4.78 is 0. The van der Waals surface area contributed by atoms with Gasteiger partial charge in [0, 0.05) is 17.6 Å². The Balaban J connectivity index is 2.35. The Morgan fingerprint density at radius 2 is 2.36 bits per heavy atom. The Morgan fingerprint density at radius 1 is 1.64 bits per heavy atom. The lowest BCUT2D eigenvalue weighted by atomic mass is 10.1. The topological polar surface area (TPSA) is 32.3 Å². The molecular weight excluding hydrogens is 158 g/mol. The highest BCUT2D eigenvalue weighted by molar-refractivity contribution is 7.08. The molecule has 2 N–H and O–H groups in total. The van der Waals surface area contributed by atoms with Gasteiger partial charge in [0.15, 0.2) is 0 Å². The standard InChI is InChI=1S/C8H13NOS/c1-8(2,10)6-9-7-3-4-11-5-7/h3-5,9-10H,6H2,1-2H3. The zero-order valence-corrected chi connectivity index (χ0v) is 7.61. The molecule has 1 aromatic rings. The molecule has 0 radical (unpaired) electrons. The molecule has 0 saturated heterocycles. The maximum Gasteiger partial charge on any atom is 0.0763 e. The molecule has 0 aliphatic heterocycles. The van der Waals surface area contributed by atoms with Gasteiger partial charge < -0.3 is 10.4 Å². The molecule has 1 rings (SSSR count). The van der Waals surface area contributed by atoms with Crippen molar-refractivity contribution in [3.05, 3.63) is 16.8 Å². The fraction of sp³-hybridized carbons (Fsp3) is 0.500. The van der Waals surface area contributed by atoms with Gasteiger partial charge in [-0.05, 0) is 25.3 Å². The van der Waals surface area contributed by atoms with E-state index in [0.717, 1.165) is 5.69 Å². The summed E-state index contributed by atoms with van der Waals surface area (Å²) in [5.41, 5.74) is 0.444. The van der Waals surface area contributed by atoms with Crippen molar-refractivity contribution < 1.29 is 5.11 Å². The number of thiophene rings is 1. The highest BCUT2D eigenvalue weighted by Gasteiger charge is 2.10. The van der Waals surface area contributed by atoms with Crippen molar-refractivity contribution in [2.75, 3.05) is 11.9 Å². The van der Waals surface area contributed by atoms with Crippen molar-refractivity contribution in [3.8, 4) is 0 Å². The van der Waals surface area contributed by atoms with Crippen molar-refractivity contribution >= 4 is 17.0 Å². The number of hydrogen-bond acceptors (Lipinski definition) is 3. The summed E-state index contributed by atoms with van der Waals surface area (Å²) in [6, 6.07) is 2.00. The van der Waals surface area contributed by atoms with E-state index in [-0.39, 0.29) is 0 Å². The zero-order chi connectivity index (χ0) is 8.32. The lowest BCUT2D eigenvalue weighted by Gasteiger charge is -2.17. The monoisotopic (exact) mass is 171 g/mol. The first-order valence-corrected chi connectivity index (χ1v) is 4.51. The SMILES string of the molecule is CC(C)(O)CNc1ccsc1. The minimum atomic E-state index is -0.637. The smallest absolute Gasteiger partial charge is 0.0763 e. The minimum Gasteiger partial charge on any atom is -0.389 e. The maximum absolute atomic E-state index is 9.36. The number of rotatable bonds is 3. The number of anilines is 1. The van der Waals surface area contributed by atoms with Gasteiger partial charge in [-0.1, -0.05) is 0 Å². The van der Waals surface area contributed by atoms with Gasteiger partial charge >= 0.3 is 0 Å². The van der Waals surface area contributed by atoms with Gasteiger partial charge in [0.05, 0.1) is 5.60 Å². The summed E-state index contributed by atoms with van der Waals surface area (Å²) in [6.45, 7) is 4.16. The van der Waals surface area contributed by atoms with E-state index in [2.05, 4.69) is 5.32 Å². The van der Waals surface area contributed by atoms with E-state index in [1.807, 2.05) is 16.8 Å². The third-order valence-electron chi connectivity index (χ3n) is 1.25. The highest BCUT2D eigenvalue weighted by atomic mass is 32.1. The minimum absolute atomic E-state index is 0.587. The van der Waals surface area contributed by atoms with E-state index in [1.165, 1.54) is 0 Å². The van der Waals surface area contributed by atoms with Crippen LogP contribution in [0.5, 0.6) is 0 Å². The first kappa shape index (κ1) is 8.56. The molecule has 0 bridgehead atoms. The Labute approximate surface area is 70.9 Å². The molecule has 3 heteroatoms. The Hall–Kier alpha value is -0.540. The van der Waals surface area contributed by atoms with Gasteiger partial charge in [-0.2, -0.15) is 11.3 Å². The molecule has 0 aliphatic carbocycles. The van der Waals surface area contributed by atoms with Gasteiger partial charge in [-0.25, -0.2) is 0 Å². The first-order chi connectivity index (χ1) is 5.08. The molecule has 11 heavy (non-hydrogen) atoms. The van der Waals surface area contributed by atoms with Crippen LogP contribution in [-0.2, 0) is 0 Å². The highest BCUT2D eigenvalue weighted by Crippen LogP contribution is 2.12. The fourth-order valence-corrected chi connectivity index (χ4v) is 1.30. The van der Waals surface area contributed by atoms with E-state index in [9.17, 15) is 5.11 Å². The van der Waals surface area contributed by atoms with Gasteiger partial charge in [0.1, 0.15) is 0 Å². The van der Waals surface area contributed by atoms with Crippen LogP contribution in [0.2, 0.25) is 0 Å². The van der Waals surface area contributed by atoms with Crippen LogP contribution in [0.3, 0.4) is 0 Å². The van der Waals surface area contributed by atoms with Gasteiger partial charge in [-0.15, -0.1) is 0 Å². The molecule has 1 aromatic heterocycles. The van der Waals surface area contributed by atoms with Crippen molar-refractivity contribution in [3.63, 3.8) is 0 Å². The summed E-state index contributed by atoms with van der Waals surface area (Å²) in [5, 5.41) is 16.5. The molecule has 0 aliphatic rings. The molecule has 0 amide bonds. The molecule has 0 saturated carbocycles. The first-order valence-electron chi connectivity index (χ1n) is 3.56. The summed E-state index contributed by atoms with van der Waals surface area (Å²) >= 11 is 1.65. The summed E-state index contributed by atoms with van der Waals surface area (Å²) in [5.74, 6) is 0. The predicted octanol–water partition coefficient (Wildman–Crippen LogP) is 1.93. The maximum atomic E-state index is 9.36. The van der Waals surface area contributed by atoms with Crippen LogP contribution >= 0.6 is 11.3 Å². The third kappa shape index (κ3) is 3.39. The quantitative estimate of drug-likeness (QED) is 0.728. The lowest BCUT2D eigenvalue weighted by Crippen LogP contribution is -2.29. The van der Waals surface area contributed by atoms with Crippen LogP contribution in [0.1, 0.15) is 13.8 Å². The van der Waals surface area contributed by atoms with Crippen LogP contribution < -0.4 is 5.32 Å². The second-order valence-electron chi connectivity index (χ2n) is 3.18. The average molecular weight is 171 g/mol. The second kappa shape index (κ2) is 3.24. The Kier molecular flexibility index (Phi) is 2.52. The normalized spacial score (nSPS) is 11.5. The number of hydrogen-bond donors (Lipinski definition) is 2. The molecule has 0 atom stereocenters. The Bertz CT molecular complexity index is 200. The van der Waals surface area contributed by atoms with Crippen LogP contribution in [0.15, 0.2) is 16.8 Å². The molecular formula is C8H13NOS. The molecule has 0 fully saturated rings. The zero-order valence-electron chi connectivity index (χ0n) is 6.79. The van der Waals surface area contributed by atoms with Gasteiger partial charge in [0.25, 0.3) is 0 Å². The van der Waals surface area contributed by atoms with Crippen LogP contribution in [-0.4, -0.2) is 17.3 Å². The van der Waals surface area contributed by atoms with Crippen LogP contribution in [0, 0.1) is 0 Å². The fourth-order valence-electron chi connectivity index (χ4n) is 0.683. The van der Waals surface area contributed by atoms with Crippen LogP contribution in [0.4, 0.5) is 5.69 Å². The third-order valence-corrected chi connectivity index (χ3v) is 1.93. The number of aliphatic hydroxyl groups is 1. The predicted molar refractivity (Wildman–Crippen MR) is 49.1 cm³/mol. The number of nitrogens with one attached hydrogen (secondary N) is 1. The van der Waals surface area contributed by atoms with Gasteiger partial charge in [0.2, 0.25) is 0 Å². The molecule has 1 heterocycles. The summed E-state index contributed by atoms with van der Waals surface area (Å²) in [7, 11) is 0. The van der Waals surface area contributed by atoms with E-state index in [1.54, 1.807) is 25.2 Å². The molecule has 0 aromatic carbocycles. The molecule has 2 nitrogen and oxygen atoms in total. The van der Waals surface area contributed by atoms with Gasteiger partial charge in [-0.3, -0.25) is 0 Å². The van der Waals surface area contributed by atoms with E-state index in [0.29, 0.717) is 6.54 Å². The summed E-state index contributed by atoms with van der Waals surface area (Å²) in [4.78, 5) is 0. The van der Waals surface area contributed by atoms with E-state index in [4.69, 9.17) is 0 Å². The Morgan fingerprint density at radius 3 is 2.82 bits per heavy atom. The molecule has 62 valence electrons. The molecule has 0 unspecified atom stereocenters. The van der Waals surface area contributed by atoms with E-state index >= 15 is 0 Å². The van der Waals surface area contributed by atoms with Crippen molar-refractivity contribution in [2.45, 2.75) is 19.4 Å². The van der Waals surface area contributed by atoms with E-state index < -0.39 is 5.60 Å². The van der Waals surface area contributed by atoms with Crippen LogP contribution in [0.25, 0.3) is 0 Å². The van der Waals surface area contributed by atoms with Crippen molar-refractivity contribution in [2.24, 2.45) is 0 Å². The molecule has 0 spiro atoms. The second-order valence-corrected chi connectivity index (χ2v) is 3.96. The van der Waals surface area contributed by atoms with Crippen molar-refractivity contribution in [1.29, 1.82) is 0 Å². The lowest BCUT2D eigenvalue weighted by molar-refractivity contribution is 0.0945.